The minimum absolute atomic E-state index is 0.0331. The molecule has 2 unspecified atom stereocenters. The van der Waals surface area contributed by atoms with Crippen molar-refractivity contribution >= 4 is 57.0 Å². The van der Waals surface area contributed by atoms with Crippen molar-refractivity contribution in [3.8, 4) is 20.9 Å². The normalized spacial score (nSPS) is 16.8. The molecule has 0 radical (unpaired) electrons. The van der Waals surface area contributed by atoms with E-state index in [1.165, 1.54) is 30.6 Å². The fourth-order valence-corrected chi connectivity index (χ4v) is 11.5. The number of rotatable bonds is 16. The number of aryl methyl sites for hydroxylation is 2. The maximum atomic E-state index is 15.2. The van der Waals surface area contributed by atoms with E-state index in [0.717, 1.165) is 91.4 Å². The maximum Gasteiger partial charge on any atom is 0.259 e. The van der Waals surface area contributed by atoms with Crippen LogP contribution in [0.15, 0.2) is 48.5 Å². The highest BCUT2D eigenvalue weighted by Crippen LogP contribution is 2.50. The molecule has 4 nitrogen and oxygen atoms in total. The van der Waals surface area contributed by atoms with Crippen molar-refractivity contribution < 1.29 is 9.59 Å². The van der Waals surface area contributed by atoms with Gasteiger partial charge in [0.05, 0.1) is 22.5 Å². The summed E-state index contributed by atoms with van der Waals surface area (Å²) in [7, 11) is 0. The lowest BCUT2D eigenvalue weighted by atomic mass is 9.86. The lowest BCUT2D eigenvalue weighted by Gasteiger charge is -2.24. The summed E-state index contributed by atoms with van der Waals surface area (Å²) in [5.41, 5.74) is 9.86. The number of anilines is 2. The van der Waals surface area contributed by atoms with Crippen molar-refractivity contribution in [3.05, 3.63) is 80.5 Å². The first kappa shape index (κ1) is 43.1. The number of fused-ring (bicyclic) bond motifs is 2. The van der Waals surface area contributed by atoms with Gasteiger partial charge in [0.25, 0.3) is 11.8 Å². The SMILES string of the molecule is CCCCC(CC)CN1C(=O)/C(=C2/C(=O)N(CC(CC)CCCC)c3cc(-c4cc(C)c(C(C)(C)CC)s4)ccc32)c2ccc(-c3cc(C)c(C(C)(C)C)s3)cc21. The van der Waals surface area contributed by atoms with Crippen molar-refractivity contribution in [2.45, 2.75) is 152 Å². The maximum absolute atomic E-state index is 15.2. The lowest BCUT2D eigenvalue weighted by molar-refractivity contribution is -0.114. The van der Waals surface area contributed by atoms with Crippen molar-refractivity contribution in [1.29, 1.82) is 0 Å². The van der Waals surface area contributed by atoms with Gasteiger partial charge in [-0.2, -0.15) is 0 Å². The molecule has 6 rings (SSSR count). The molecular formula is C51H68N2O2S2. The van der Waals surface area contributed by atoms with E-state index < -0.39 is 0 Å². The van der Waals surface area contributed by atoms with Gasteiger partial charge in [-0.25, -0.2) is 0 Å². The van der Waals surface area contributed by atoms with Crippen LogP contribution >= 0.6 is 22.7 Å². The molecule has 2 atom stereocenters. The Morgan fingerprint density at radius 3 is 1.39 bits per heavy atom. The Balaban J connectivity index is 1.53. The molecular weight excluding hydrogens is 737 g/mol. The van der Waals surface area contributed by atoms with E-state index in [9.17, 15) is 0 Å². The third-order valence-corrected chi connectivity index (χ3v) is 16.2. The van der Waals surface area contributed by atoms with Crippen molar-refractivity contribution in [1.82, 2.24) is 0 Å². The Hall–Kier alpha value is -3.48. The first-order valence-electron chi connectivity index (χ1n) is 22.0. The number of amides is 2. The van der Waals surface area contributed by atoms with E-state index in [1.807, 2.05) is 32.5 Å². The average molecular weight is 805 g/mol. The van der Waals surface area contributed by atoms with Crippen LogP contribution in [0.2, 0.25) is 0 Å². The summed E-state index contributed by atoms with van der Waals surface area (Å²) in [6.45, 7) is 28.5. The molecule has 0 bridgehead atoms. The summed E-state index contributed by atoms with van der Waals surface area (Å²) in [6, 6.07) is 17.7. The number of nitrogens with zero attached hydrogens (tertiary/aromatic N) is 2. The molecule has 0 fully saturated rings. The molecule has 0 aliphatic carbocycles. The summed E-state index contributed by atoms with van der Waals surface area (Å²) >= 11 is 3.74. The molecule has 2 aromatic carbocycles. The Morgan fingerprint density at radius 1 is 0.596 bits per heavy atom. The molecule has 0 saturated carbocycles. The predicted molar refractivity (Wildman–Crippen MR) is 249 cm³/mol. The largest absolute Gasteiger partial charge is 0.307 e. The second-order valence-electron chi connectivity index (χ2n) is 18.6. The fourth-order valence-electron chi connectivity index (χ4n) is 8.98. The van der Waals surface area contributed by atoms with Gasteiger partial charge in [-0.3, -0.25) is 9.59 Å². The van der Waals surface area contributed by atoms with Crippen molar-refractivity contribution in [3.63, 3.8) is 0 Å². The minimum atomic E-state index is -0.0339. The van der Waals surface area contributed by atoms with Crippen LogP contribution in [0.5, 0.6) is 0 Å². The Morgan fingerprint density at radius 2 is 1.02 bits per heavy atom. The van der Waals surface area contributed by atoms with Crippen molar-refractivity contribution in [2.75, 3.05) is 22.9 Å². The van der Waals surface area contributed by atoms with E-state index >= 15 is 9.59 Å². The van der Waals surface area contributed by atoms with E-state index in [4.69, 9.17) is 0 Å². The molecule has 0 spiro atoms. The number of hydrogen-bond acceptors (Lipinski definition) is 4. The van der Waals surface area contributed by atoms with E-state index in [-0.39, 0.29) is 22.6 Å². The molecule has 2 aromatic heterocycles. The van der Waals surface area contributed by atoms with E-state index in [2.05, 4.69) is 132 Å². The van der Waals surface area contributed by atoms with E-state index in [0.29, 0.717) is 36.1 Å². The van der Waals surface area contributed by atoms with Crippen LogP contribution in [0.1, 0.15) is 159 Å². The summed E-state index contributed by atoms with van der Waals surface area (Å²) in [6.07, 6.45) is 9.84. The van der Waals surface area contributed by atoms with Gasteiger partial charge in [-0.15, -0.1) is 22.7 Å². The smallest absolute Gasteiger partial charge is 0.259 e. The molecule has 0 N–H and O–H groups in total. The summed E-state index contributed by atoms with van der Waals surface area (Å²) < 4.78 is 0. The van der Waals surface area contributed by atoms with Gasteiger partial charge in [0, 0.05) is 43.7 Å². The Kier molecular flexibility index (Phi) is 13.2. The average Bonchev–Trinajstić information content (AvgIpc) is 3.92. The summed E-state index contributed by atoms with van der Waals surface area (Å²) in [5.74, 6) is 0.706. The molecule has 306 valence electrons. The van der Waals surface area contributed by atoms with E-state index in [1.54, 1.807) is 0 Å². The molecule has 4 aromatic rings. The zero-order chi connectivity index (χ0) is 41.4. The number of hydrogen-bond donors (Lipinski definition) is 0. The third kappa shape index (κ3) is 8.51. The summed E-state index contributed by atoms with van der Waals surface area (Å²) in [5, 5.41) is 0. The monoisotopic (exact) mass is 804 g/mol. The molecule has 0 saturated heterocycles. The first-order valence-corrected chi connectivity index (χ1v) is 23.6. The summed E-state index contributed by atoms with van der Waals surface area (Å²) in [4.78, 5) is 39.6. The lowest BCUT2D eigenvalue weighted by Crippen LogP contribution is -2.34. The van der Waals surface area contributed by atoms with Crippen LogP contribution in [-0.2, 0) is 20.4 Å². The number of benzene rings is 2. The number of unbranched alkanes of at least 4 members (excludes halogenated alkanes) is 2. The molecule has 6 heteroatoms. The van der Waals surface area contributed by atoms with Gasteiger partial charge >= 0.3 is 0 Å². The molecule has 57 heavy (non-hydrogen) atoms. The third-order valence-electron chi connectivity index (χ3n) is 12.8. The second-order valence-corrected chi connectivity index (χ2v) is 20.7. The Bertz CT molecular complexity index is 2140. The number of carbonyl (C=O) groups is 2. The van der Waals surface area contributed by atoms with Gasteiger partial charge in [-0.1, -0.05) is 132 Å². The first-order chi connectivity index (χ1) is 27.1. The molecule has 2 aliphatic rings. The van der Waals surface area contributed by atoms with Crippen LogP contribution in [0.4, 0.5) is 11.4 Å². The molecule has 4 heterocycles. The van der Waals surface area contributed by atoms with Gasteiger partial charge < -0.3 is 9.80 Å². The van der Waals surface area contributed by atoms with Crippen LogP contribution in [0.3, 0.4) is 0 Å². The van der Waals surface area contributed by atoms with Gasteiger partial charge in [0.15, 0.2) is 0 Å². The van der Waals surface area contributed by atoms with Crippen LogP contribution in [0.25, 0.3) is 32.0 Å². The van der Waals surface area contributed by atoms with Crippen LogP contribution in [-0.4, -0.2) is 24.9 Å². The Labute approximate surface area is 352 Å². The second kappa shape index (κ2) is 17.4. The zero-order valence-corrected chi connectivity index (χ0v) is 38.7. The minimum Gasteiger partial charge on any atom is -0.307 e. The zero-order valence-electron chi connectivity index (χ0n) is 37.1. The van der Waals surface area contributed by atoms with Gasteiger partial charge in [-0.05, 0) is 102 Å². The number of thiophene rings is 2. The van der Waals surface area contributed by atoms with Crippen LogP contribution < -0.4 is 9.80 Å². The predicted octanol–water partition coefficient (Wildman–Crippen LogP) is 14.8. The highest BCUT2D eigenvalue weighted by molar-refractivity contribution is 7.16. The van der Waals surface area contributed by atoms with Gasteiger partial charge in [0.1, 0.15) is 0 Å². The van der Waals surface area contributed by atoms with Gasteiger partial charge in [0.2, 0.25) is 0 Å². The quantitative estimate of drug-likeness (QED) is 0.106. The topological polar surface area (TPSA) is 40.6 Å². The fraction of sp³-hybridized carbons (Fsp3) is 0.529. The highest BCUT2D eigenvalue weighted by Gasteiger charge is 2.43. The van der Waals surface area contributed by atoms with Crippen molar-refractivity contribution in [2.24, 2.45) is 11.8 Å². The molecule has 2 aliphatic heterocycles. The number of carbonyl (C=O) groups excluding carboxylic acids is 2. The van der Waals surface area contributed by atoms with Crippen LogP contribution in [0, 0.1) is 25.7 Å². The standard InChI is InChI=1S/C51H68N2O2S2/c1-13-18-20-34(15-3)30-52-40-28-36(42-26-32(6)46(56-42)50(8,9)10)22-24-38(40)44(48(52)54)45-39-25-23-37(43-27-33(7)47(57-43)51(11,12)17-5)29-41(39)53(49(45)55)31-35(16-4)21-19-14-2/h22-29,34-35H,13-21,30-31H2,1-12H3/b45-44+. The highest BCUT2D eigenvalue weighted by atomic mass is 32.1. The molecule has 2 amide bonds.